The Balaban J connectivity index is 1.80. The van der Waals surface area contributed by atoms with Gasteiger partial charge in [-0.1, -0.05) is 0 Å². The summed E-state index contributed by atoms with van der Waals surface area (Å²) in [5.41, 5.74) is 6.92. The Labute approximate surface area is 105 Å². The second kappa shape index (κ2) is 5.75. The summed E-state index contributed by atoms with van der Waals surface area (Å²) in [5.74, 6) is 0. The van der Waals surface area contributed by atoms with Gasteiger partial charge in [-0.15, -0.1) is 11.3 Å². The summed E-state index contributed by atoms with van der Waals surface area (Å²) in [4.78, 5) is 11.5. The molecule has 0 aromatic carbocycles. The number of pyridine rings is 1. The van der Waals surface area contributed by atoms with Crippen molar-refractivity contribution in [3.05, 3.63) is 41.2 Å². The fourth-order valence-corrected chi connectivity index (χ4v) is 2.37. The second-order valence-corrected chi connectivity index (χ2v) is 5.15. The second-order valence-electron chi connectivity index (χ2n) is 4.01. The van der Waals surface area contributed by atoms with E-state index in [-0.39, 0.29) is 0 Å². The Morgan fingerprint density at radius 1 is 1.35 bits per heavy atom. The summed E-state index contributed by atoms with van der Waals surface area (Å²) in [5, 5.41) is 0.641. The van der Waals surface area contributed by atoms with Crippen molar-refractivity contribution >= 4 is 16.5 Å². The lowest BCUT2D eigenvalue weighted by Gasteiger charge is -2.14. The SMILES string of the molecule is CN(CCc1ccncc1)Cc1cnc(N)s1. The zero-order valence-corrected chi connectivity index (χ0v) is 10.7. The molecule has 0 aliphatic carbocycles. The zero-order valence-electron chi connectivity index (χ0n) is 9.84. The summed E-state index contributed by atoms with van der Waals surface area (Å²) in [7, 11) is 2.11. The number of aromatic nitrogens is 2. The molecule has 2 aromatic heterocycles. The van der Waals surface area contributed by atoms with Crippen molar-refractivity contribution in [2.24, 2.45) is 0 Å². The molecule has 4 nitrogen and oxygen atoms in total. The van der Waals surface area contributed by atoms with E-state index in [2.05, 4.69) is 34.0 Å². The molecule has 90 valence electrons. The Kier molecular flexibility index (Phi) is 4.06. The molecule has 0 saturated carbocycles. The van der Waals surface area contributed by atoms with Crippen LogP contribution in [0.5, 0.6) is 0 Å². The van der Waals surface area contributed by atoms with Crippen molar-refractivity contribution in [3.8, 4) is 0 Å². The molecule has 0 aliphatic rings. The summed E-state index contributed by atoms with van der Waals surface area (Å²) >= 11 is 1.55. The van der Waals surface area contributed by atoms with Gasteiger partial charge in [0.25, 0.3) is 0 Å². The van der Waals surface area contributed by atoms with Crippen molar-refractivity contribution in [2.45, 2.75) is 13.0 Å². The van der Waals surface area contributed by atoms with E-state index in [4.69, 9.17) is 5.73 Å². The molecule has 0 saturated heterocycles. The molecule has 0 unspecified atom stereocenters. The number of nitrogens with zero attached hydrogens (tertiary/aromatic N) is 3. The van der Waals surface area contributed by atoms with E-state index in [1.807, 2.05) is 18.6 Å². The van der Waals surface area contributed by atoms with E-state index >= 15 is 0 Å². The molecule has 2 aromatic rings. The van der Waals surface area contributed by atoms with Gasteiger partial charge < -0.3 is 10.6 Å². The van der Waals surface area contributed by atoms with Gasteiger partial charge in [-0.3, -0.25) is 4.98 Å². The first-order chi connectivity index (χ1) is 8.24. The average molecular weight is 248 g/mol. The largest absolute Gasteiger partial charge is 0.375 e. The minimum Gasteiger partial charge on any atom is -0.375 e. The van der Waals surface area contributed by atoms with Crippen LogP contribution in [0.15, 0.2) is 30.7 Å². The fraction of sp³-hybridized carbons (Fsp3) is 0.333. The maximum Gasteiger partial charge on any atom is 0.180 e. The minimum absolute atomic E-state index is 0.641. The van der Waals surface area contributed by atoms with Crippen LogP contribution in [0, 0.1) is 0 Å². The van der Waals surface area contributed by atoms with Crippen LogP contribution in [-0.2, 0) is 13.0 Å². The van der Waals surface area contributed by atoms with Gasteiger partial charge in [0.2, 0.25) is 0 Å². The number of hydrogen-bond donors (Lipinski definition) is 1. The first-order valence-corrected chi connectivity index (χ1v) is 6.33. The van der Waals surface area contributed by atoms with Crippen LogP contribution in [0.3, 0.4) is 0 Å². The van der Waals surface area contributed by atoms with Gasteiger partial charge in [-0.2, -0.15) is 0 Å². The van der Waals surface area contributed by atoms with Crippen LogP contribution < -0.4 is 5.73 Å². The first-order valence-electron chi connectivity index (χ1n) is 5.51. The first kappa shape index (κ1) is 12.0. The third-order valence-electron chi connectivity index (χ3n) is 2.53. The van der Waals surface area contributed by atoms with Gasteiger partial charge >= 0.3 is 0 Å². The lowest BCUT2D eigenvalue weighted by molar-refractivity contribution is 0.334. The number of anilines is 1. The van der Waals surface area contributed by atoms with Crippen molar-refractivity contribution in [3.63, 3.8) is 0 Å². The highest BCUT2D eigenvalue weighted by Gasteiger charge is 2.03. The van der Waals surface area contributed by atoms with E-state index < -0.39 is 0 Å². The molecule has 5 heteroatoms. The Bertz CT molecular complexity index is 455. The predicted octanol–water partition coefficient (Wildman–Crippen LogP) is 1.79. The third-order valence-corrected chi connectivity index (χ3v) is 3.34. The smallest absolute Gasteiger partial charge is 0.180 e. The maximum atomic E-state index is 5.60. The summed E-state index contributed by atoms with van der Waals surface area (Å²) in [6.07, 6.45) is 6.55. The van der Waals surface area contributed by atoms with Crippen LogP contribution >= 0.6 is 11.3 Å². The molecule has 2 rings (SSSR count). The van der Waals surface area contributed by atoms with E-state index in [0.717, 1.165) is 19.5 Å². The van der Waals surface area contributed by atoms with Gasteiger partial charge in [0.1, 0.15) is 0 Å². The minimum atomic E-state index is 0.641. The molecule has 0 fully saturated rings. The van der Waals surface area contributed by atoms with Gasteiger partial charge in [0, 0.05) is 36.6 Å². The predicted molar refractivity (Wildman–Crippen MR) is 70.8 cm³/mol. The average Bonchev–Trinajstić information content (AvgIpc) is 2.73. The number of nitrogens with two attached hydrogens (primary N) is 1. The number of likely N-dealkylation sites (N-methyl/N-ethyl adjacent to an activating group) is 1. The standard InChI is InChI=1S/C12H16N4S/c1-16(9-11-8-15-12(13)17-11)7-4-10-2-5-14-6-3-10/h2-3,5-6,8H,4,7,9H2,1H3,(H2,13,15). The molecule has 0 aliphatic heterocycles. The van der Waals surface area contributed by atoms with Crippen LogP contribution in [0.25, 0.3) is 0 Å². The number of hydrogen-bond acceptors (Lipinski definition) is 5. The Morgan fingerprint density at radius 2 is 2.12 bits per heavy atom. The fourth-order valence-electron chi connectivity index (χ4n) is 1.61. The molecular formula is C12H16N4S. The van der Waals surface area contributed by atoms with Gasteiger partial charge in [0.05, 0.1) is 0 Å². The Morgan fingerprint density at radius 3 is 2.76 bits per heavy atom. The Hall–Kier alpha value is -1.46. The van der Waals surface area contributed by atoms with Crippen molar-refractivity contribution in [1.29, 1.82) is 0 Å². The van der Waals surface area contributed by atoms with E-state index in [1.165, 1.54) is 10.4 Å². The highest BCUT2D eigenvalue weighted by molar-refractivity contribution is 7.15. The number of thiazole rings is 1. The highest BCUT2D eigenvalue weighted by Crippen LogP contribution is 2.15. The third kappa shape index (κ3) is 3.80. The van der Waals surface area contributed by atoms with E-state index in [9.17, 15) is 0 Å². The zero-order chi connectivity index (χ0) is 12.1. The molecule has 0 atom stereocenters. The normalized spacial score (nSPS) is 10.9. The topological polar surface area (TPSA) is 55.0 Å². The molecule has 2 N–H and O–H groups in total. The monoisotopic (exact) mass is 248 g/mol. The van der Waals surface area contributed by atoms with Gasteiger partial charge in [-0.25, -0.2) is 4.98 Å². The quantitative estimate of drug-likeness (QED) is 0.876. The van der Waals surface area contributed by atoms with Crippen LogP contribution in [-0.4, -0.2) is 28.5 Å². The highest BCUT2D eigenvalue weighted by atomic mass is 32.1. The number of rotatable bonds is 5. The van der Waals surface area contributed by atoms with E-state index in [0.29, 0.717) is 5.13 Å². The molecule has 0 amide bonds. The summed E-state index contributed by atoms with van der Waals surface area (Å²) in [6, 6.07) is 4.11. The maximum absolute atomic E-state index is 5.60. The van der Waals surface area contributed by atoms with Crippen LogP contribution in [0.1, 0.15) is 10.4 Å². The summed E-state index contributed by atoms with van der Waals surface area (Å²) in [6.45, 7) is 1.92. The van der Waals surface area contributed by atoms with Crippen molar-refractivity contribution in [1.82, 2.24) is 14.9 Å². The number of nitrogen functional groups attached to an aromatic ring is 1. The van der Waals surface area contributed by atoms with Crippen LogP contribution in [0.4, 0.5) is 5.13 Å². The molecule has 0 radical (unpaired) electrons. The van der Waals surface area contributed by atoms with E-state index in [1.54, 1.807) is 11.3 Å². The molecular weight excluding hydrogens is 232 g/mol. The lowest BCUT2D eigenvalue weighted by atomic mass is 10.2. The lowest BCUT2D eigenvalue weighted by Crippen LogP contribution is -2.20. The van der Waals surface area contributed by atoms with Gasteiger partial charge in [0.15, 0.2) is 5.13 Å². The van der Waals surface area contributed by atoms with Crippen molar-refractivity contribution < 1.29 is 0 Å². The summed E-state index contributed by atoms with van der Waals surface area (Å²) < 4.78 is 0. The molecule has 0 bridgehead atoms. The van der Waals surface area contributed by atoms with Crippen LogP contribution in [0.2, 0.25) is 0 Å². The van der Waals surface area contributed by atoms with Crippen molar-refractivity contribution in [2.75, 3.05) is 19.3 Å². The molecule has 17 heavy (non-hydrogen) atoms. The molecule has 0 spiro atoms. The molecule has 2 heterocycles. The van der Waals surface area contributed by atoms with Gasteiger partial charge in [-0.05, 0) is 31.2 Å².